The SMILES string of the molecule is C#C/C1=C(Cl)\C(C)=C(/CC)c2c(-c3ccc(F)cc3)sc3ncnc(c23)O[C@@H](C(=O)O)Cc2cc(ccc2OCc2ccnc(C3=CC[C@](C)(COCCOCCOCCOC)CC3)n2)OC[C@@H](CN2CCN(C)CC2)O1. The van der Waals surface area contributed by atoms with E-state index >= 15 is 0 Å². The molecular formula is C58H68ClFN6O10S. The Hall–Kier alpha value is -6.01. The van der Waals surface area contributed by atoms with Crippen LogP contribution in [0, 0.1) is 23.6 Å². The van der Waals surface area contributed by atoms with Gasteiger partial charge in [0, 0.05) is 68.5 Å². The number of ether oxygens (including phenoxy) is 8. The zero-order valence-electron chi connectivity index (χ0n) is 44.5. The zero-order valence-corrected chi connectivity index (χ0v) is 46.1. The number of methoxy groups -OCH3 is 1. The van der Waals surface area contributed by atoms with Gasteiger partial charge in [-0.15, -0.1) is 17.8 Å². The largest absolute Gasteiger partial charge is 0.490 e. The van der Waals surface area contributed by atoms with Crippen LogP contribution in [0.2, 0.25) is 0 Å². The third kappa shape index (κ3) is 15.2. The number of carboxylic acids is 1. The number of hydrogen-bond acceptors (Lipinski definition) is 16. The molecule has 410 valence electrons. The first-order chi connectivity index (χ1) is 37.3. The molecule has 3 aliphatic rings. The number of benzene rings is 2. The van der Waals surface area contributed by atoms with Crippen LogP contribution in [0.15, 0.2) is 83.5 Å². The van der Waals surface area contributed by atoms with Gasteiger partial charge in [-0.25, -0.2) is 29.1 Å². The molecule has 3 atom stereocenters. The molecule has 3 aromatic heterocycles. The summed E-state index contributed by atoms with van der Waals surface area (Å²) >= 11 is 8.67. The van der Waals surface area contributed by atoms with Crippen LogP contribution < -0.4 is 14.2 Å². The van der Waals surface area contributed by atoms with Gasteiger partial charge in [0.25, 0.3) is 0 Å². The van der Waals surface area contributed by atoms with Gasteiger partial charge in [-0.05, 0) is 110 Å². The fourth-order valence-electron chi connectivity index (χ4n) is 9.46. The maximum atomic E-state index is 14.4. The molecular weight excluding hydrogens is 1030 g/mol. The molecule has 0 unspecified atom stereocenters. The molecule has 1 N–H and O–H groups in total. The Bertz CT molecular complexity index is 2960. The van der Waals surface area contributed by atoms with Gasteiger partial charge >= 0.3 is 5.97 Å². The number of aromatic nitrogens is 4. The minimum Gasteiger partial charge on any atom is -0.490 e. The standard InChI is InChI=1S/C58H68ClFN6O10S/c1-7-46-38(3)52(59)47(8-2)75-45(33-66-23-21-65(5)22-24-66)35-73-44-13-14-48(41(31-44)32-49(57(67)68)76-55-51-50(46)53(77-56(51)63-37-62-55)39-9-11-42(60)12-10-39)74-34-43-17-20-61-54(64-43)40-15-18-58(4,19-16-40)36-72-30-29-71-28-27-70-26-25-69-6/h2,9-15,17,20,31,37,45,49H,7,16,18-19,21-30,32-36H2,1,3-6H3,(H,67,68)/b46-38+,52-47-/t45-,49-,58+/m1/s1. The number of thiophene rings is 1. The average molecular weight is 1100 g/mol. The van der Waals surface area contributed by atoms with Gasteiger partial charge in [0.05, 0.1) is 62.4 Å². The first-order valence-electron chi connectivity index (χ1n) is 26.0. The Morgan fingerprint density at radius 3 is 2.45 bits per heavy atom. The van der Waals surface area contributed by atoms with Gasteiger partial charge in [0.1, 0.15) is 47.8 Å². The summed E-state index contributed by atoms with van der Waals surface area (Å²) in [6.07, 6.45) is 12.3. The maximum Gasteiger partial charge on any atom is 0.345 e. The van der Waals surface area contributed by atoms with Crippen LogP contribution in [0.4, 0.5) is 4.39 Å². The monoisotopic (exact) mass is 1090 g/mol. The van der Waals surface area contributed by atoms with Crippen molar-refractivity contribution in [2.75, 3.05) is 99.7 Å². The number of aliphatic carboxylic acids is 1. The van der Waals surface area contributed by atoms with Crippen LogP contribution in [-0.4, -0.2) is 153 Å². The summed E-state index contributed by atoms with van der Waals surface area (Å²) < 4.78 is 62.8. The number of allylic oxidation sites excluding steroid dienone is 6. The lowest BCUT2D eigenvalue weighted by Gasteiger charge is -2.34. The number of piperazine rings is 1. The van der Waals surface area contributed by atoms with E-state index in [4.69, 9.17) is 60.9 Å². The van der Waals surface area contributed by atoms with Crippen molar-refractivity contribution >= 4 is 50.3 Å². The van der Waals surface area contributed by atoms with Gasteiger partial charge in [-0.3, -0.25) is 4.90 Å². The number of fused-ring (bicyclic) bond motifs is 2. The molecule has 8 rings (SSSR count). The van der Waals surface area contributed by atoms with E-state index in [1.54, 1.807) is 49.7 Å². The third-order valence-corrected chi connectivity index (χ3v) is 15.5. The number of carbonyl (C=O) groups is 1. The number of hydrogen-bond donors (Lipinski definition) is 1. The van der Waals surface area contributed by atoms with Crippen LogP contribution in [0.1, 0.15) is 69.1 Å². The number of halogens is 2. The zero-order chi connectivity index (χ0) is 54.3. The minimum absolute atomic E-state index is 0.0348. The molecule has 2 aromatic carbocycles. The molecule has 2 bridgehead atoms. The van der Waals surface area contributed by atoms with Crippen LogP contribution in [0.3, 0.4) is 0 Å². The summed E-state index contributed by atoms with van der Waals surface area (Å²) in [6.45, 7) is 13.9. The van der Waals surface area contributed by atoms with E-state index in [2.05, 4.69) is 50.7 Å². The highest BCUT2D eigenvalue weighted by molar-refractivity contribution is 7.22. The molecule has 5 heterocycles. The van der Waals surface area contributed by atoms with Gasteiger partial charge in [0.15, 0.2) is 11.6 Å². The molecule has 19 heteroatoms. The summed E-state index contributed by atoms with van der Waals surface area (Å²) in [5.41, 5.74) is 4.90. The maximum absolute atomic E-state index is 14.4. The van der Waals surface area contributed by atoms with Crippen molar-refractivity contribution < 1.29 is 52.2 Å². The second-order valence-electron chi connectivity index (χ2n) is 19.7. The van der Waals surface area contributed by atoms with E-state index < -0.39 is 24.0 Å². The van der Waals surface area contributed by atoms with Crippen LogP contribution in [0.25, 0.3) is 31.8 Å². The molecule has 0 spiro atoms. The van der Waals surface area contributed by atoms with E-state index in [1.807, 2.05) is 13.8 Å². The second-order valence-corrected chi connectivity index (χ2v) is 21.0. The predicted octanol–water partition coefficient (Wildman–Crippen LogP) is 9.50. The van der Waals surface area contributed by atoms with Crippen molar-refractivity contribution in [3.05, 3.63) is 112 Å². The van der Waals surface area contributed by atoms with Gasteiger partial charge in [-0.1, -0.05) is 43.7 Å². The fraction of sp³-hybridized carbons (Fsp3) is 0.466. The lowest BCUT2D eigenvalue weighted by atomic mass is 9.77. The molecule has 0 radical (unpaired) electrons. The van der Waals surface area contributed by atoms with Crippen molar-refractivity contribution in [1.29, 1.82) is 0 Å². The average Bonchev–Trinajstić information content (AvgIpc) is 3.84. The highest BCUT2D eigenvalue weighted by Crippen LogP contribution is 2.48. The second kappa shape index (κ2) is 27.5. The van der Waals surface area contributed by atoms with E-state index in [0.29, 0.717) is 115 Å². The quantitative estimate of drug-likeness (QED) is 0.0577. The highest BCUT2D eigenvalue weighted by Gasteiger charge is 2.31. The number of carboxylic acid groups (broad SMARTS) is 1. The summed E-state index contributed by atoms with van der Waals surface area (Å²) in [5.74, 6) is 2.75. The van der Waals surface area contributed by atoms with Crippen molar-refractivity contribution in [3.63, 3.8) is 0 Å². The number of rotatable bonds is 20. The van der Waals surface area contributed by atoms with E-state index in [1.165, 1.54) is 29.8 Å². The third-order valence-electron chi connectivity index (χ3n) is 13.9. The van der Waals surface area contributed by atoms with Crippen molar-refractivity contribution in [1.82, 2.24) is 29.7 Å². The molecule has 0 amide bonds. The minimum atomic E-state index is -1.46. The Labute approximate surface area is 459 Å². The van der Waals surface area contributed by atoms with Gasteiger partial charge in [-0.2, -0.15) is 0 Å². The molecule has 1 fully saturated rings. The van der Waals surface area contributed by atoms with Gasteiger partial charge in [0.2, 0.25) is 12.0 Å². The number of nitrogens with zero attached hydrogens (tertiary/aromatic N) is 6. The van der Waals surface area contributed by atoms with E-state index in [0.717, 1.165) is 61.5 Å². The van der Waals surface area contributed by atoms with Crippen LogP contribution in [0.5, 0.6) is 17.4 Å². The molecule has 5 aromatic rings. The highest BCUT2D eigenvalue weighted by atomic mass is 35.5. The summed E-state index contributed by atoms with van der Waals surface area (Å²) in [7, 11) is 3.74. The van der Waals surface area contributed by atoms with Crippen molar-refractivity contribution in [2.24, 2.45) is 5.41 Å². The molecule has 0 saturated carbocycles. The lowest BCUT2D eigenvalue weighted by molar-refractivity contribution is -0.145. The molecule has 2 aliphatic heterocycles. The fourth-order valence-corrected chi connectivity index (χ4v) is 10.8. The normalized spacial score (nSPS) is 21.8. The van der Waals surface area contributed by atoms with Crippen LogP contribution in [-0.2, 0) is 41.5 Å². The molecule has 16 nitrogen and oxygen atoms in total. The predicted molar refractivity (Wildman–Crippen MR) is 295 cm³/mol. The molecule has 1 saturated heterocycles. The van der Waals surface area contributed by atoms with Gasteiger partial charge < -0.3 is 47.9 Å². The summed E-state index contributed by atoms with van der Waals surface area (Å²) in [6, 6.07) is 13.2. The lowest BCUT2D eigenvalue weighted by Crippen LogP contribution is -2.48. The van der Waals surface area contributed by atoms with Crippen molar-refractivity contribution in [2.45, 2.75) is 71.7 Å². The number of likely N-dealkylation sites (N-methyl/N-ethyl adjacent to an activating group) is 1. The topological polar surface area (TPSA) is 169 Å². The summed E-state index contributed by atoms with van der Waals surface area (Å²) in [4.78, 5) is 38.0. The Morgan fingerprint density at radius 1 is 1.00 bits per heavy atom. The molecule has 1 aliphatic carbocycles. The smallest absolute Gasteiger partial charge is 0.345 e. The first-order valence-corrected chi connectivity index (χ1v) is 27.2. The van der Waals surface area contributed by atoms with E-state index in [9.17, 15) is 14.3 Å². The number of terminal acetylenes is 1. The Balaban J connectivity index is 1.08. The van der Waals surface area contributed by atoms with E-state index in [-0.39, 0.29) is 41.7 Å². The van der Waals surface area contributed by atoms with Crippen molar-refractivity contribution in [3.8, 4) is 40.2 Å². The Morgan fingerprint density at radius 2 is 1.75 bits per heavy atom. The first kappa shape index (κ1) is 57.2. The van der Waals surface area contributed by atoms with Crippen LogP contribution >= 0.6 is 22.9 Å². The molecule has 77 heavy (non-hydrogen) atoms. The summed E-state index contributed by atoms with van der Waals surface area (Å²) in [5, 5.41) is 11.6. The Kier molecular flexibility index (Phi) is 20.4.